The molecule has 0 amide bonds. The lowest BCUT2D eigenvalue weighted by molar-refractivity contribution is -0.137. The first kappa shape index (κ1) is 16.6. The van der Waals surface area contributed by atoms with Crippen LogP contribution in [0.5, 0.6) is 0 Å². The minimum atomic E-state index is -4.52. The van der Waals surface area contributed by atoms with E-state index in [1.54, 1.807) is 0 Å². The zero-order chi connectivity index (χ0) is 14.0. The second-order valence-electron chi connectivity index (χ2n) is 4.58. The molecule has 0 atom stereocenters. The van der Waals surface area contributed by atoms with E-state index in [4.69, 9.17) is 5.11 Å². The molecule has 2 rings (SSSR count). The van der Waals surface area contributed by atoms with Gasteiger partial charge in [-0.3, -0.25) is 0 Å². The Morgan fingerprint density at radius 2 is 1.75 bits per heavy atom. The van der Waals surface area contributed by atoms with E-state index >= 15 is 0 Å². The molecule has 7 heteroatoms. The molecule has 0 aromatic heterocycles. The van der Waals surface area contributed by atoms with Crippen LogP contribution in [0.4, 0.5) is 18.9 Å². The normalized spacial score (nSPS) is 15.7. The summed E-state index contributed by atoms with van der Waals surface area (Å²) in [7, 11) is 0. The summed E-state index contributed by atoms with van der Waals surface area (Å²) in [6.45, 7) is 1.37. The number of aromatic carboxylic acids is 1. The van der Waals surface area contributed by atoms with Crippen LogP contribution in [0.15, 0.2) is 18.2 Å². The Hall–Kier alpha value is -1.43. The number of hydrogen-bond acceptors (Lipinski definition) is 2. The first-order valence-corrected chi connectivity index (χ1v) is 6.09. The summed E-state index contributed by atoms with van der Waals surface area (Å²) < 4.78 is 37.8. The van der Waals surface area contributed by atoms with Crippen LogP contribution in [0.1, 0.15) is 35.2 Å². The SMILES string of the molecule is Cl.O=C(O)c1cc(C(F)(F)F)ccc1N1CCCCC1. The third-order valence-corrected chi connectivity index (χ3v) is 3.25. The second kappa shape index (κ2) is 6.35. The maximum Gasteiger partial charge on any atom is 0.416 e. The minimum Gasteiger partial charge on any atom is -0.478 e. The Labute approximate surface area is 120 Å². The highest BCUT2D eigenvalue weighted by Crippen LogP contribution is 2.33. The summed E-state index contributed by atoms with van der Waals surface area (Å²) in [5.74, 6) is -1.33. The van der Waals surface area contributed by atoms with Crippen LogP contribution in [0.2, 0.25) is 0 Å². The topological polar surface area (TPSA) is 40.5 Å². The molecule has 1 aliphatic heterocycles. The number of anilines is 1. The number of hydrogen-bond donors (Lipinski definition) is 1. The van der Waals surface area contributed by atoms with Gasteiger partial charge < -0.3 is 10.0 Å². The van der Waals surface area contributed by atoms with Crippen molar-refractivity contribution in [2.24, 2.45) is 0 Å². The molecule has 112 valence electrons. The quantitative estimate of drug-likeness (QED) is 0.903. The van der Waals surface area contributed by atoms with Gasteiger partial charge in [-0.2, -0.15) is 13.2 Å². The highest BCUT2D eigenvalue weighted by atomic mass is 35.5. The van der Waals surface area contributed by atoms with Gasteiger partial charge in [0.05, 0.1) is 16.8 Å². The van der Waals surface area contributed by atoms with Crippen LogP contribution in [0.3, 0.4) is 0 Å². The average molecular weight is 310 g/mol. The summed E-state index contributed by atoms with van der Waals surface area (Å²) >= 11 is 0. The molecule has 1 N–H and O–H groups in total. The Balaban J connectivity index is 0.00000200. The van der Waals surface area contributed by atoms with Gasteiger partial charge in [0.15, 0.2) is 0 Å². The van der Waals surface area contributed by atoms with Crippen LogP contribution in [-0.2, 0) is 6.18 Å². The van der Waals surface area contributed by atoms with E-state index in [2.05, 4.69) is 0 Å². The molecule has 1 fully saturated rings. The van der Waals surface area contributed by atoms with Gasteiger partial charge >= 0.3 is 12.1 Å². The number of benzene rings is 1. The molecule has 20 heavy (non-hydrogen) atoms. The molecular weight excluding hydrogens is 295 g/mol. The molecule has 1 saturated heterocycles. The monoisotopic (exact) mass is 309 g/mol. The largest absolute Gasteiger partial charge is 0.478 e. The van der Waals surface area contributed by atoms with Crippen molar-refractivity contribution in [1.82, 2.24) is 0 Å². The highest BCUT2D eigenvalue weighted by Gasteiger charge is 2.32. The molecule has 1 aromatic carbocycles. The molecule has 0 radical (unpaired) electrons. The number of piperidine rings is 1. The molecular formula is C13H15ClF3NO2. The van der Waals surface area contributed by atoms with E-state index in [-0.39, 0.29) is 18.0 Å². The van der Waals surface area contributed by atoms with Crippen molar-refractivity contribution >= 4 is 24.1 Å². The number of nitrogens with zero attached hydrogens (tertiary/aromatic N) is 1. The fourth-order valence-electron chi connectivity index (χ4n) is 2.29. The van der Waals surface area contributed by atoms with Crippen LogP contribution in [0.25, 0.3) is 0 Å². The standard InChI is InChI=1S/C13H14F3NO2.ClH/c14-13(15,16)9-4-5-11(10(8-9)12(18)19)17-6-2-1-3-7-17;/h4-5,8H,1-3,6-7H2,(H,18,19);1H. The smallest absolute Gasteiger partial charge is 0.416 e. The molecule has 3 nitrogen and oxygen atoms in total. The zero-order valence-electron chi connectivity index (χ0n) is 10.6. The molecule has 0 bridgehead atoms. The first-order chi connectivity index (χ1) is 8.89. The predicted molar refractivity (Wildman–Crippen MR) is 71.7 cm³/mol. The third kappa shape index (κ3) is 3.56. The Morgan fingerprint density at radius 3 is 2.25 bits per heavy atom. The van der Waals surface area contributed by atoms with Crippen molar-refractivity contribution in [3.8, 4) is 0 Å². The van der Waals surface area contributed by atoms with Gasteiger partial charge in [-0.25, -0.2) is 4.79 Å². The lowest BCUT2D eigenvalue weighted by atomic mass is 10.0. The molecule has 1 heterocycles. The van der Waals surface area contributed by atoms with Gasteiger partial charge in [0.2, 0.25) is 0 Å². The maximum atomic E-state index is 12.6. The van der Waals surface area contributed by atoms with Gasteiger partial charge in [-0.15, -0.1) is 12.4 Å². The lowest BCUT2D eigenvalue weighted by Crippen LogP contribution is -2.31. The van der Waals surface area contributed by atoms with Crippen molar-refractivity contribution in [1.29, 1.82) is 0 Å². The molecule has 0 unspecified atom stereocenters. The average Bonchev–Trinajstić information content (AvgIpc) is 2.38. The molecule has 0 aliphatic carbocycles. The fourth-order valence-corrected chi connectivity index (χ4v) is 2.29. The number of alkyl halides is 3. The summed E-state index contributed by atoms with van der Waals surface area (Å²) in [4.78, 5) is 13.0. The van der Waals surface area contributed by atoms with Crippen molar-refractivity contribution in [3.63, 3.8) is 0 Å². The summed E-state index contributed by atoms with van der Waals surface area (Å²) in [6, 6.07) is 2.92. The van der Waals surface area contributed by atoms with E-state index in [1.807, 2.05) is 4.90 Å². The Morgan fingerprint density at radius 1 is 1.15 bits per heavy atom. The van der Waals surface area contributed by atoms with E-state index < -0.39 is 17.7 Å². The van der Waals surface area contributed by atoms with E-state index in [9.17, 15) is 18.0 Å². The van der Waals surface area contributed by atoms with Crippen LogP contribution >= 0.6 is 12.4 Å². The molecule has 1 aromatic rings. The summed E-state index contributed by atoms with van der Waals surface area (Å²) in [6.07, 6.45) is -1.59. The van der Waals surface area contributed by atoms with Gasteiger partial charge in [0, 0.05) is 13.1 Å². The van der Waals surface area contributed by atoms with Crippen LogP contribution < -0.4 is 4.90 Å². The van der Waals surface area contributed by atoms with Gasteiger partial charge in [-0.1, -0.05) is 0 Å². The van der Waals surface area contributed by atoms with E-state index in [0.29, 0.717) is 24.8 Å². The van der Waals surface area contributed by atoms with Gasteiger partial charge in [0.1, 0.15) is 0 Å². The van der Waals surface area contributed by atoms with Gasteiger partial charge in [0.25, 0.3) is 0 Å². The predicted octanol–water partition coefficient (Wildman–Crippen LogP) is 3.82. The zero-order valence-corrected chi connectivity index (χ0v) is 11.4. The van der Waals surface area contributed by atoms with E-state index in [1.165, 1.54) is 6.07 Å². The highest BCUT2D eigenvalue weighted by molar-refractivity contribution is 5.94. The maximum absolute atomic E-state index is 12.6. The van der Waals surface area contributed by atoms with Crippen molar-refractivity contribution < 1.29 is 23.1 Å². The number of carboxylic acid groups (broad SMARTS) is 1. The molecule has 1 aliphatic rings. The summed E-state index contributed by atoms with van der Waals surface area (Å²) in [5, 5.41) is 9.09. The minimum absolute atomic E-state index is 0. The van der Waals surface area contributed by atoms with Crippen LogP contribution in [-0.4, -0.2) is 24.2 Å². The van der Waals surface area contributed by atoms with Crippen molar-refractivity contribution in [3.05, 3.63) is 29.3 Å². The van der Waals surface area contributed by atoms with Crippen molar-refractivity contribution in [2.45, 2.75) is 25.4 Å². The molecule has 0 spiro atoms. The Bertz CT molecular complexity index is 485. The molecule has 0 saturated carbocycles. The number of rotatable bonds is 2. The number of halogens is 4. The second-order valence-corrected chi connectivity index (χ2v) is 4.58. The third-order valence-electron chi connectivity index (χ3n) is 3.25. The number of carbonyl (C=O) groups is 1. The number of carboxylic acids is 1. The van der Waals surface area contributed by atoms with Crippen molar-refractivity contribution in [2.75, 3.05) is 18.0 Å². The van der Waals surface area contributed by atoms with Crippen LogP contribution in [0, 0.1) is 0 Å². The first-order valence-electron chi connectivity index (χ1n) is 6.09. The van der Waals surface area contributed by atoms with E-state index in [0.717, 1.165) is 25.3 Å². The fraction of sp³-hybridized carbons (Fsp3) is 0.462. The van der Waals surface area contributed by atoms with Gasteiger partial charge in [-0.05, 0) is 37.5 Å². The lowest BCUT2D eigenvalue weighted by Gasteiger charge is -2.30. The Kier molecular flexibility index (Phi) is 5.28. The summed E-state index contributed by atoms with van der Waals surface area (Å²) in [5.41, 5.74) is -0.831.